The molecule has 0 amide bonds. The van der Waals surface area contributed by atoms with E-state index in [1.54, 1.807) is 0 Å². The number of esters is 2. The summed E-state index contributed by atoms with van der Waals surface area (Å²) in [6.45, 7) is 5.79. The van der Waals surface area contributed by atoms with E-state index in [1.165, 1.54) is 0 Å². The first kappa shape index (κ1) is 10.2. The van der Waals surface area contributed by atoms with Crippen LogP contribution in [-0.2, 0) is 14.3 Å². The number of carbonyl (C=O) groups is 2. The molecular weight excluding hydrogens is 168 g/mol. The maximum absolute atomic E-state index is 11.5. The Balaban J connectivity index is 3.03. The molecule has 13 heavy (non-hydrogen) atoms. The molecule has 1 atom stereocenters. The highest BCUT2D eigenvalue weighted by Crippen LogP contribution is 2.44. The number of hydrogen-bond acceptors (Lipinski definition) is 3. The molecule has 0 N–H and O–H groups in total. The average Bonchev–Trinajstić information content (AvgIpc) is 2.36. The van der Waals surface area contributed by atoms with Crippen LogP contribution in [0.5, 0.6) is 0 Å². The predicted octanol–water partition coefficient (Wildman–Crippen LogP) is 1.90. The summed E-state index contributed by atoms with van der Waals surface area (Å²) in [4.78, 5) is 22.8. The van der Waals surface area contributed by atoms with Crippen LogP contribution in [0.3, 0.4) is 0 Å². The summed E-state index contributed by atoms with van der Waals surface area (Å²) >= 11 is 0. The molecule has 1 fully saturated rings. The first-order valence-electron chi connectivity index (χ1n) is 4.88. The minimum atomic E-state index is -0.536. The fourth-order valence-corrected chi connectivity index (χ4v) is 2.22. The maximum Gasteiger partial charge on any atom is 0.320 e. The number of ether oxygens (including phenoxy) is 1. The van der Waals surface area contributed by atoms with Crippen molar-refractivity contribution in [1.29, 1.82) is 0 Å². The van der Waals surface area contributed by atoms with Crippen LogP contribution >= 0.6 is 0 Å². The Morgan fingerprint density at radius 2 is 1.77 bits per heavy atom. The molecule has 0 radical (unpaired) electrons. The van der Waals surface area contributed by atoms with Crippen molar-refractivity contribution in [2.24, 2.45) is 11.3 Å². The summed E-state index contributed by atoms with van der Waals surface area (Å²) < 4.78 is 4.68. The summed E-state index contributed by atoms with van der Waals surface area (Å²) in [7, 11) is 0. The van der Waals surface area contributed by atoms with Gasteiger partial charge in [-0.25, -0.2) is 0 Å². The zero-order chi connectivity index (χ0) is 10.1. The van der Waals surface area contributed by atoms with Gasteiger partial charge in [-0.15, -0.1) is 0 Å². The molecule has 0 spiro atoms. The lowest BCUT2D eigenvalue weighted by Gasteiger charge is -2.25. The third-order valence-electron chi connectivity index (χ3n) is 3.22. The molecule has 1 saturated heterocycles. The standard InChI is InChI=1S/C10H16O3/c1-4-7-8(11)13-9(12)10(7,5-2)6-3/h7H,4-6H2,1-3H3. The minimum absolute atomic E-state index is 0.227. The molecule has 0 aromatic heterocycles. The van der Waals surface area contributed by atoms with Crippen molar-refractivity contribution in [2.45, 2.75) is 40.0 Å². The molecule has 0 aromatic carbocycles. The van der Waals surface area contributed by atoms with Crippen LogP contribution in [-0.4, -0.2) is 11.9 Å². The van der Waals surface area contributed by atoms with Crippen molar-refractivity contribution in [3.05, 3.63) is 0 Å². The molecule has 0 aromatic rings. The fourth-order valence-electron chi connectivity index (χ4n) is 2.22. The van der Waals surface area contributed by atoms with Gasteiger partial charge in [0.1, 0.15) is 0 Å². The van der Waals surface area contributed by atoms with Crippen LogP contribution in [0.1, 0.15) is 40.0 Å². The van der Waals surface area contributed by atoms with E-state index < -0.39 is 5.41 Å². The van der Waals surface area contributed by atoms with E-state index in [9.17, 15) is 9.59 Å². The largest absolute Gasteiger partial charge is 0.392 e. The van der Waals surface area contributed by atoms with Crippen molar-refractivity contribution >= 4 is 11.9 Å². The molecule has 1 unspecified atom stereocenters. The lowest BCUT2D eigenvalue weighted by Crippen LogP contribution is -2.32. The van der Waals surface area contributed by atoms with E-state index in [2.05, 4.69) is 4.74 Å². The van der Waals surface area contributed by atoms with Crippen molar-refractivity contribution in [1.82, 2.24) is 0 Å². The molecule has 1 aliphatic heterocycles. The third kappa shape index (κ3) is 1.26. The molecule has 1 aliphatic rings. The van der Waals surface area contributed by atoms with Gasteiger partial charge in [-0.05, 0) is 19.3 Å². The van der Waals surface area contributed by atoms with E-state index in [-0.39, 0.29) is 17.9 Å². The average molecular weight is 184 g/mol. The summed E-state index contributed by atoms with van der Waals surface area (Å²) in [6, 6.07) is 0. The number of hydrogen-bond donors (Lipinski definition) is 0. The third-order valence-corrected chi connectivity index (χ3v) is 3.22. The Kier molecular flexibility index (Phi) is 2.74. The summed E-state index contributed by atoms with van der Waals surface area (Å²) in [6.07, 6.45) is 2.06. The van der Waals surface area contributed by atoms with E-state index in [4.69, 9.17) is 0 Å². The Bertz CT molecular complexity index is 228. The lowest BCUT2D eigenvalue weighted by molar-refractivity contribution is -0.155. The second kappa shape index (κ2) is 3.48. The Hall–Kier alpha value is -0.860. The number of carbonyl (C=O) groups excluding carboxylic acids is 2. The smallest absolute Gasteiger partial charge is 0.320 e. The maximum atomic E-state index is 11.5. The van der Waals surface area contributed by atoms with E-state index in [0.717, 1.165) is 0 Å². The minimum Gasteiger partial charge on any atom is -0.392 e. The fraction of sp³-hybridized carbons (Fsp3) is 0.800. The molecular formula is C10H16O3. The Morgan fingerprint density at radius 1 is 1.23 bits per heavy atom. The number of rotatable bonds is 3. The van der Waals surface area contributed by atoms with Gasteiger partial charge in [-0.2, -0.15) is 0 Å². The van der Waals surface area contributed by atoms with Gasteiger partial charge < -0.3 is 4.74 Å². The highest BCUT2D eigenvalue weighted by molar-refractivity contribution is 5.99. The highest BCUT2D eigenvalue weighted by Gasteiger charge is 2.54. The molecule has 0 aliphatic carbocycles. The van der Waals surface area contributed by atoms with Crippen LogP contribution in [0.25, 0.3) is 0 Å². The van der Waals surface area contributed by atoms with Crippen LogP contribution in [0.2, 0.25) is 0 Å². The zero-order valence-electron chi connectivity index (χ0n) is 8.42. The molecule has 1 heterocycles. The van der Waals surface area contributed by atoms with Crippen LogP contribution in [0, 0.1) is 11.3 Å². The van der Waals surface area contributed by atoms with Gasteiger partial charge in [0, 0.05) is 0 Å². The van der Waals surface area contributed by atoms with Gasteiger partial charge in [0.25, 0.3) is 0 Å². The highest BCUT2D eigenvalue weighted by atomic mass is 16.6. The van der Waals surface area contributed by atoms with Gasteiger partial charge in [0.2, 0.25) is 0 Å². The van der Waals surface area contributed by atoms with Crippen LogP contribution in [0.4, 0.5) is 0 Å². The van der Waals surface area contributed by atoms with Crippen molar-refractivity contribution in [3.8, 4) is 0 Å². The lowest BCUT2D eigenvalue weighted by atomic mass is 9.72. The van der Waals surface area contributed by atoms with E-state index in [1.807, 2.05) is 20.8 Å². The van der Waals surface area contributed by atoms with Crippen molar-refractivity contribution < 1.29 is 14.3 Å². The topological polar surface area (TPSA) is 43.4 Å². The second-order valence-corrected chi connectivity index (χ2v) is 3.53. The van der Waals surface area contributed by atoms with Gasteiger partial charge >= 0.3 is 11.9 Å². The molecule has 0 saturated carbocycles. The van der Waals surface area contributed by atoms with Gasteiger partial charge in [0.15, 0.2) is 0 Å². The van der Waals surface area contributed by atoms with Crippen LogP contribution < -0.4 is 0 Å². The first-order chi connectivity index (χ1) is 6.12. The Labute approximate surface area is 78.5 Å². The van der Waals surface area contributed by atoms with Gasteiger partial charge in [-0.1, -0.05) is 20.8 Å². The zero-order valence-corrected chi connectivity index (χ0v) is 8.42. The summed E-state index contributed by atoms with van der Waals surface area (Å²) in [5.74, 6) is -0.888. The molecule has 0 bridgehead atoms. The predicted molar refractivity (Wildman–Crippen MR) is 47.9 cm³/mol. The summed E-state index contributed by atoms with van der Waals surface area (Å²) in [5, 5.41) is 0. The summed E-state index contributed by atoms with van der Waals surface area (Å²) in [5.41, 5.74) is -0.536. The molecule has 1 rings (SSSR count). The number of cyclic esters (lactones) is 2. The SMILES string of the molecule is CCC1C(=O)OC(=O)C1(CC)CC. The van der Waals surface area contributed by atoms with Crippen molar-refractivity contribution in [3.63, 3.8) is 0 Å². The van der Waals surface area contributed by atoms with Gasteiger partial charge in [0.05, 0.1) is 11.3 Å². The quantitative estimate of drug-likeness (QED) is 0.497. The first-order valence-corrected chi connectivity index (χ1v) is 4.88. The van der Waals surface area contributed by atoms with E-state index in [0.29, 0.717) is 19.3 Å². The molecule has 3 heteroatoms. The van der Waals surface area contributed by atoms with Crippen LogP contribution in [0.15, 0.2) is 0 Å². The molecule has 74 valence electrons. The second-order valence-electron chi connectivity index (χ2n) is 3.53. The van der Waals surface area contributed by atoms with E-state index >= 15 is 0 Å². The van der Waals surface area contributed by atoms with Gasteiger partial charge in [-0.3, -0.25) is 9.59 Å². The Morgan fingerprint density at radius 3 is 2.08 bits per heavy atom. The monoisotopic (exact) mass is 184 g/mol. The molecule has 3 nitrogen and oxygen atoms in total. The normalized spacial score (nSPS) is 26.2. The van der Waals surface area contributed by atoms with Crippen molar-refractivity contribution in [2.75, 3.05) is 0 Å².